The number of aromatic hydroxyl groups is 1. The fourth-order valence-electron chi connectivity index (χ4n) is 3.00. The van der Waals surface area contributed by atoms with Crippen molar-refractivity contribution in [3.8, 4) is 5.75 Å². The molecule has 0 saturated carbocycles. The van der Waals surface area contributed by atoms with Gasteiger partial charge < -0.3 is 9.90 Å². The Morgan fingerprint density at radius 3 is 2.33 bits per heavy atom. The van der Waals surface area contributed by atoms with E-state index in [0.717, 1.165) is 35.8 Å². The van der Waals surface area contributed by atoms with E-state index in [1.54, 1.807) is 12.1 Å². The molecule has 1 N–H and O–H groups in total. The maximum absolute atomic E-state index is 11.6. The molecule has 0 fully saturated rings. The Balaban J connectivity index is 1.95. The molecule has 1 unspecified atom stereocenters. The van der Waals surface area contributed by atoms with Crippen LogP contribution < -0.4 is 5.32 Å². The van der Waals surface area contributed by atoms with Crippen LogP contribution in [0.15, 0.2) is 42.5 Å². The minimum Gasteiger partial charge on any atom is -0.508 e. The van der Waals surface area contributed by atoms with Gasteiger partial charge in [0.1, 0.15) is 12.0 Å². The first-order chi connectivity index (χ1) is 11.4. The van der Waals surface area contributed by atoms with Gasteiger partial charge in [-0.3, -0.25) is 0 Å². The molecule has 0 aromatic heterocycles. The highest BCUT2D eigenvalue weighted by molar-refractivity contribution is 5.65. The maximum Gasteiger partial charge on any atom is 0.141 e. The molecule has 0 aliphatic carbocycles. The number of aldehydes is 1. The van der Waals surface area contributed by atoms with Crippen molar-refractivity contribution in [2.45, 2.75) is 45.6 Å². The zero-order chi connectivity index (χ0) is 17.6. The molecule has 0 saturated heterocycles. The average Bonchev–Trinajstić information content (AvgIpc) is 2.56. The van der Waals surface area contributed by atoms with Crippen molar-refractivity contribution < 1.29 is 9.90 Å². The smallest absolute Gasteiger partial charge is 0.141 e. The van der Waals surface area contributed by atoms with Crippen LogP contribution >= 0.6 is 0 Å². The molecule has 3 heteroatoms. The molecule has 0 bridgehead atoms. The van der Waals surface area contributed by atoms with Gasteiger partial charge in [0.25, 0.3) is 0 Å². The molecular weight excluding hydrogens is 298 g/mol. The highest BCUT2D eigenvalue weighted by Gasteiger charge is 2.26. The van der Waals surface area contributed by atoms with Crippen LogP contribution in [0.5, 0.6) is 5.75 Å². The number of rotatable bonds is 8. The van der Waals surface area contributed by atoms with E-state index in [4.69, 9.17) is 0 Å². The minimum absolute atomic E-state index is 0.265. The van der Waals surface area contributed by atoms with Gasteiger partial charge in [0.05, 0.1) is 5.54 Å². The Morgan fingerprint density at radius 1 is 1.12 bits per heavy atom. The summed E-state index contributed by atoms with van der Waals surface area (Å²) >= 11 is 0. The quantitative estimate of drug-likeness (QED) is 0.594. The molecule has 2 aromatic carbocycles. The molecule has 2 aromatic rings. The minimum atomic E-state index is -0.719. The standard InChI is InChI=1S/C21H26NO2/c1-16-12-19(24)13-17(2)20(16)14-21(3,15-23)22-11-7-10-18-8-5-4-6-9-18/h4-6,8-9,12-13,15,24H,7,10-11,14H2,1-3H3. The molecule has 0 aliphatic rings. The summed E-state index contributed by atoms with van der Waals surface area (Å²) < 4.78 is 0. The Morgan fingerprint density at radius 2 is 1.75 bits per heavy atom. The van der Waals surface area contributed by atoms with Gasteiger partial charge in [0, 0.05) is 6.54 Å². The van der Waals surface area contributed by atoms with Crippen LogP contribution in [0.4, 0.5) is 0 Å². The normalized spacial score (nSPS) is 13.5. The summed E-state index contributed by atoms with van der Waals surface area (Å²) in [6.45, 7) is 6.47. The van der Waals surface area contributed by atoms with Gasteiger partial charge in [0.2, 0.25) is 0 Å². The van der Waals surface area contributed by atoms with Gasteiger partial charge in [-0.25, -0.2) is 5.32 Å². The largest absolute Gasteiger partial charge is 0.508 e. The summed E-state index contributed by atoms with van der Waals surface area (Å²) in [4.78, 5) is 11.6. The molecule has 1 atom stereocenters. The third-order valence-electron chi connectivity index (χ3n) is 4.41. The first-order valence-corrected chi connectivity index (χ1v) is 8.41. The number of hydrogen-bond donors (Lipinski definition) is 1. The summed E-state index contributed by atoms with van der Waals surface area (Å²) in [5.41, 5.74) is 3.67. The zero-order valence-electron chi connectivity index (χ0n) is 14.7. The fraction of sp³-hybridized carbons (Fsp3) is 0.381. The second-order valence-electron chi connectivity index (χ2n) is 6.68. The number of benzene rings is 2. The number of phenols is 1. The highest BCUT2D eigenvalue weighted by Crippen LogP contribution is 2.24. The van der Waals surface area contributed by atoms with E-state index in [0.29, 0.717) is 13.0 Å². The first-order valence-electron chi connectivity index (χ1n) is 8.41. The molecule has 0 heterocycles. The van der Waals surface area contributed by atoms with Gasteiger partial charge in [-0.15, -0.1) is 0 Å². The van der Waals surface area contributed by atoms with E-state index >= 15 is 0 Å². The highest BCUT2D eigenvalue weighted by atomic mass is 16.3. The fourth-order valence-corrected chi connectivity index (χ4v) is 3.00. The third kappa shape index (κ3) is 4.93. The monoisotopic (exact) mass is 324 g/mol. The van der Waals surface area contributed by atoms with Gasteiger partial charge in [0.15, 0.2) is 0 Å². The molecule has 2 rings (SSSR count). The van der Waals surface area contributed by atoms with Crippen LogP contribution in [0.25, 0.3) is 0 Å². The number of carbonyl (C=O) groups excluding carboxylic acids is 1. The van der Waals surface area contributed by atoms with Crippen molar-refractivity contribution in [1.29, 1.82) is 0 Å². The Labute approximate surface area is 144 Å². The lowest BCUT2D eigenvalue weighted by Crippen LogP contribution is -2.41. The summed E-state index contributed by atoms with van der Waals surface area (Å²) in [5.74, 6) is 0.265. The van der Waals surface area contributed by atoms with Crippen molar-refractivity contribution in [1.82, 2.24) is 5.32 Å². The Bertz CT molecular complexity index is 658. The number of nitrogens with zero attached hydrogens (tertiary/aromatic N) is 1. The molecule has 0 spiro atoms. The molecule has 3 nitrogen and oxygen atoms in total. The maximum atomic E-state index is 11.6. The molecule has 1 radical (unpaired) electrons. The van der Waals surface area contributed by atoms with Crippen LogP contribution in [0.2, 0.25) is 0 Å². The lowest BCUT2D eigenvalue weighted by molar-refractivity contribution is -0.113. The number of carbonyl (C=O) groups is 1. The third-order valence-corrected chi connectivity index (χ3v) is 4.41. The van der Waals surface area contributed by atoms with Crippen LogP contribution in [-0.2, 0) is 17.6 Å². The first kappa shape index (κ1) is 18.2. The summed E-state index contributed by atoms with van der Waals surface area (Å²) in [7, 11) is 0. The number of hydrogen-bond acceptors (Lipinski definition) is 2. The second-order valence-corrected chi connectivity index (χ2v) is 6.68. The molecule has 0 aliphatic heterocycles. The van der Waals surface area contributed by atoms with Crippen molar-refractivity contribution in [3.05, 3.63) is 64.7 Å². The van der Waals surface area contributed by atoms with Crippen LogP contribution in [0.1, 0.15) is 35.6 Å². The predicted octanol–water partition coefficient (Wildman–Crippen LogP) is 3.75. The lowest BCUT2D eigenvalue weighted by Gasteiger charge is -2.25. The topological polar surface area (TPSA) is 51.4 Å². The number of aryl methyl sites for hydroxylation is 3. The summed E-state index contributed by atoms with van der Waals surface area (Å²) in [5, 5.41) is 14.3. The van der Waals surface area contributed by atoms with Gasteiger partial charge >= 0.3 is 0 Å². The number of phenolic OH excluding ortho intramolecular Hbond substituents is 1. The summed E-state index contributed by atoms with van der Waals surface area (Å²) in [6.07, 6.45) is 3.42. The predicted molar refractivity (Wildman–Crippen MR) is 97.5 cm³/mol. The Hall–Kier alpha value is -2.13. The summed E-state index contributed by atoms with van der Waals surface area (Å²) in [6, 6.07) is 13.8. The Kier molecular flexibility index (Phi) is 6.16. The van der Waals surface area contributed by atoms with E-state index in [2.05, 4.69) is 17.4 Å². The lowest BCUT2D eigenvalue weighted by atomic mass is 9.88. The van der Waals surface area contributed by atoms with Gasteiger partial charge in [-0.2, -0.15) is 0 Å². The van der Waals surface area contributed by atoms with Gasteiger partial charge in [-0.1, -0.05) is 30.3 Å². The molecule has 127 valence electrons. The van der Waals surface area contributed by atoms with Crippen molar-refractivity contribution in [2.75, 3.05) is 6.54 Å². The SMILES string of the molecule is Cc1cc(O)cc(C)c1CC(C)(C=O)[N]CCCc1ccccc1. The zero-order valence-corrected chi connectivity index (χ0v) is 14.7. The van der Waals surface area contributed by atoms with E-state index in [1.165, 1.54) is 5.56 Å². The van der Waals surface area contributed by atoms with Crippen LogP contribution in [-0.4, -0.2) is 23.5 Å². The van der Waals surface area contributed by atoms with Crippen LogP contribution in [0.3, 0.4) is 0 Å². The van der Waals surface area contributed by atoms with E-state index in [1.807, 2.05) is 39.0 Å². The van der Waals surface area contributed by atoms with Crippen molar-refractivity contribution in [3.63, 3.8) is 0 Å². The molecule has 24 heavy (non-hydrogen) atoms. The van der Waals surface area contributed by atoms with Crippen molar-refractivity contribution in [2.24, 2.45) is 0 Å². The van der Waals surface area contributed by atoms with Gasteiger partial charge in [-0.05, 0) is 74.4 Å². The van der Waals surface area contributed by atoms with E-state index < -0.39 is 5.54 Å². The van der Waals surface area contributed by atoms with E-state index in [-0.39, 0.29) is 5.75 Å². The second kappa shape index (κ2) is 8.11. The molecular formula is C21H26NO2. The molecule has 0 amide bonds. The van der Waals surface area contributed by atoms with Crippen LogP contribution in [0, 0.1) is 13.8 Å². The van der Waals surface area contributed by atoms with E-state index in [9.17, 15) is 9.90 Å². The average molecular weight is 324 g/mol. The van der Waals surface area contributed by atoms with Crippen molar-refractivity contribution >= 4 is 6.29 Å².